The highest BCUT2D eigenvalue weighted by molar-refractivity contribution is 7.89. The molecule has 0 N–H and O–H groups in total. The monoisotopic (exact) mass is 247 g/mol. The highest BCUT2D eigenvalue weighted by Crippen LogP contribution is 2.19. The van der Waals surface area contributed by atoms with Crippen molar-refractivity contribution in [2.45, 2.75) is 11.8 Å². The topological polar surface area (TPSA) is 37.4 Å². The molecule has 0 atom stereocenters. The molecule has 88 valence electrons. The van der Waals surface area contributed by atoms with Crippen molar-refractivity contribution in [2.75, 3.05) is 0 Å². The average Bonchev–Trinajstić information content (AvgIpc) is 2.40. The van der Waals surface area contributed by atoms with Crippen molar-refractivity contribution in [3.8, 4) is 0 Å². The molecular weight excluding hydrogens is 234 g/mol. The summed E-state index contributed by atoms with van der Waals surface area (Å²) in [4.78, 5) is 0.290. The Morgan fingerprint density at radius 1 is 1.06 bits per heavy atom. The summed E-state index contributed by atoms with van der Waals surface area (Å²) in [5.41, 5.74) is 0.990. The summed E-state index contributed by atoms with van der Waals surface area (Å²) >= 11 is 0. The maximum Gasteiger partial charge on any atom is 0.267 e. The van der Waals surface area contributed by atoms with Gasteiger partial charge in [-0.3, -0.25) is 0 Å². The summed E-state index contributed by atoms with van der Waals surface area (Å²) in [6, 6.07) is 8.38. The first-order chi connectivity index (χ1) is 8.14. The molecule has 2 rings (SSSR count). The largest absolute Gasteiger partial charge is 0.267 e. The molecule has 0 saturated heterocycles. The summed E-state index contributed by atoms with van der Waals surface area (Å²) in [5, 5.41) is 0. The molecule has 0 saturated carbocycles. The molecular formula is C13H13NO2S. The molecule has 17 heavy (non-hydrogen) atoms. The van der Waals surface area contributed by atoms with E-state index in [0.717, 1.165) is 5.57 Å². The molecule has 0 amide bonds. The van der Waals surface area contributed by atoms with Crippen LogP contribution in [-0.4, -0.2) is 12.7 Å². The average molecular weight is 247 g/mol. The highest BCUT2D eigenvalue weighted by Gasteiger charge is 2.20. The zero-order valence-corrected chi connectivity index (χ0v) is 10.3. The second-order valence-corrected chi connectivity index (χ2v) is 5.41. The molecule has 0 aliphatic carbocycles. The fourth-order valence-electron chi connectivity index (χ4n) is 1.49. The van der Waals surface area contributed by atoms with E-state index in [-0.39, 0.29) is 0 Å². The first kappa shape index (κ1) is 11.7. The van der Waals surface area contributed by atoms with Crippen LogP contribution in [0.1, 0.15) is 6.92 Å². The molecule has 1 aliphatic rings. The first-order valence-corrected chi connectivity index (χ1v) is 6.70. The molecule has 1 aliphatic heterocycles. The molecule has 0 unspecified atom stereocenters. The Bertz CT molecular complexity index is 567. The molecule has 1 heterocycles. The van der Waals surface area contributed by atoms with E-state index in [9.17, 15) is 8.42 Å². The van der Waals surface area contributed by atoms with Crippen LogP contribution >= 0.6 is 0 Å². The quantitative estimate of drug-likeness (QED) is 0.805. The van der Waals surface area contributed by atoms with Gasteiger partial charge in [-0.25, -0.2) is 12.7 Å². The third kappa shape index (κ3) is 2.31. The van der Waals surface area contributed by atoms with Crippen LogP contribution in [0.3, 0.4) is 0 Å². The Labute approximate surface area is 101 Å². The standard InChI is InChI=1S/C13H13NO2S/c1-2-12-8-10-14(11-9-12)17(15,16)13-6-4-3-5-7-13/h2-11H,1H3. The number of nitrogens with zero attached hydrogens (tertiary/aromatic N) is 1. The Hall–Kier alpha value is -1.81. The molecule has 0 radical (unpaired) electrons. The van der Waals surface area contributed by atoms with E-state index >= 15 is 0 Å². The van der Waals surface area contributed by atoms with Gasteiger partial charge < -0.3 is 0 Å². The minimum absolute atomic E-state index is 0.290. The van der Waals surface area contributed by atoms with Crippen molar-refractivity contribution in [1.29, 1.82) is 0 Å². The number of rotatable bonds is 2. The van der Waals surface area contributed by atoms with Gasteiger partial charge >= 0.3 is 0 Å². The van der Waals surface area contributed by atoms with Gasteiger partial charge in [0.05, 0.1) is 4.90 Å². The van der Waals surface area contributed by atoms with Crippen molar-refractivity contribution in [1.82, 2.24) is 4.31 Å². The molecule has 0 fully saturated rings. The van der Waals surface area contributed by atoms with Gasteiger partial charge in [-0.1, -0.05) is 24.3 Å². The normalized spacial score (nSPS) is 15.1. The zero-order valence-electron chi connectivity index (χ0n) is 9.45. The molecule has 0 aromatic heterocycles. The number of hydrogen-bond acceptors (Lipinski definition) is 2. The second-order valence-electron chi connectivity index (χ2n) is 3.57. The van der Waals surface area contributed by atoms with Gasteiger partial charge in [0, 0.05) is 12.4 Å². The Morgan fingerprint density at radius 2 is 1.65 bits per heavy atom. The van der Waals surface area contributed by atoms with E-state index < -0.39 is 10.0 Å². The maximum atomic E-state index is 12.2. The molecule has 0 bridgehead atoms. The summed E-state index contributed by atoms with van der Waals surface area (Å²) in [6.45, 7) is 1.91. The predicted octanol–water partition coefficient (Wildman–Crippen LogP) is 2.66. The van der Waals surface area contributed by atoms with Crippen molar-refractivity contribution >= 4 is 10.0 Å². The Balaban J connectivity index is 2.34. The van der Waals surface area contributed by atoms with Crippen LogP contribution in [0.5, 0.6) is 0 Å². The van der Waals surface area contributed by atoms with E-state index in [1.807, 2.05) is 13.0 Å². The van der Waals surface area contributed by atoms with Gasteiger partial charge in [0.15, 0.2) is 0 Å². The van der Waals surface area contributed by atoms with E-state index in [1.165, 1.54) is 4.31 Å². The van der Waals surface area contributed by atoms with E-state index in [2.05, 4.69) is 0 Å². The van der Waals surface area contributed by atoms with Crippen molar-refractivity contribution in [3.05, 3.63) is 66.5 Å². The third-order valence-corrected chi connectivity index (χ3v) is 4.15. The van der Waals surface area contributed by atoms with Crippen LogP contribution in [0.15, 0.2) is 71.4 Å². The van der Waals surface area contributed by atoms with Crippen molar-refractivity contribution in [2.24, 2.45) is 0 Å². The maximum absolute atomic E-state index is 12.2. The summed E-state index contributed by atoms with van der Waals surface area (Å²) in [5.74, 6) is 0. The van der Waals surface area contributed by atoms with E-state index in [4.69, 9.17) is 0 Å². The lowest BCUT2D eigenvalue weighted by Gasteiger charge is -2.18. The van der Waals surface area contributed by atoms with Gasteiger partial charge in [-0.2, -0.15) is 0 Å². The summed E-state index contributed by atoms with van der Waals surface area (Å²) in [7, 11) is -3.46. The number of hydrogen-bond donors (Lipinski definition) is 0. The number of benzene rings is 1. The van der Waals surface area contributed by atoms with E-state index in [0.29, 0.717) is 4.90 Å². The summed E-state index contributed by atoms with van der Waals surface area (Å²) in [6.07, 6.45) is 8.55. The molecule has 0 spiro atoms. The second kappa shape index (κ2) is 4.59. The molecule has 3 nitrogen and oxygen atoms in total. The minimum atomic E-state index is -3.46. The van der Waals surface area contributed by atoms with Gasteiger partial charge in [0.1, 0.15) is 0 Å². The Morgan fingerprint density at radius 3 is 2.18 bits per heavy atom. The summed E-state index contributed by atoms with van der Waals surface area (Å²) < 4.78 is 25.6. The number of sulfonamides is 1. The van der Waals surface area contributed by atoms with Gasteiger partial charge in [-0.15, -0.1) is 0 Å². The number of allylic oxidation sites excluding steroid dienone is 4. The van der Waals surface area contributed by atoms with Crippen LogP contribution in [0.25, 0.3) is 0 Å². The fraction of sp³-hybridized carbons (Fsp3) is 0.0769. The lowest BCUT2D eigenvalue weighted by atomic mass is 10.2. The lowest BCUT2D eigenvalue weighted by molar-refractivity contribution is 0.552. The molecule has 4 heteroatoms. The van der Waals surface area contributed by atoms with Crippen LogP contribution in [-0.2, 0) is 10.0 Å². The van der Waals surface area contributed by atoms with Crippen LogP contribution in [0.2, 0.25) is 0 Å². The van der Waals surface area contributed by atoms with Gasteiger partial charge in [0.2, 0.25) is 0 Å². The minimum Gasteiger partial charge on any atom is -0.249 e. The molecule has 1 aromatic carbocycles. The van der Waals surface area contributed by atoms with Crippen molar-refractivity contribution < 1.29 is 8.42 Å². The van der Waals surface area contributed by atoms with Gasteiger partial charge in [0.25, 0.3) is 10.0 Å². The van der Waals surface area contributed by atoms with Gasteiger partial charge in [-0.05, 0) is 36.8 Å². The van der Waals surface area contributed by atoms with Crippen molar-refractivity contribution in [3.63, 3.8) is 0 Å². The van der Waals surface area contributed by atoms with E-state index in [1.54, 1.807) is 54.9 Å². The highest BCUT2D eigenvalue weighted by atomic mass is 32.2. The first-order valence-electron chi connectivity index (χ1n) is 5.26. The zero-order chi connectivity index (χ0) is 12.3. The Kier molecular flexibility index (Phi) is 3.15. The SMILES string of the molecule is CC=C1C=CN(S(=O)(=O)c2ccccc2)C=C1. The molecule has 1 aromatic rings. The third-order valence-electron chi connectivity index (χ3n) is 2.48. The predicted molar refractivity (Wildman–Crippen MR) is 67.5 cm³/mol. The lowest BCUT2D eigenvalue weighted by Crippen LogP contribution is -2.21. The van der Waals surface area contributed by atoms with Crippen LogP contribution in [0, 0.1) is 0 Å². The van der Waals surface area contributed by atoms with Crippen LogP contribution in [0.4, 0.5) is 0 Å². The smallest absolute Gasteiger partial charge is 0.249 e. The van der Waals surface area contributed by atoms with Crippen LogP contribution < -0.4 is 0 Å². The fourth-order valence-corrected chi connectivity index (χ4v) is 2.68.